The Morgan fingerprint density at radius 1 is 0.727 bits per heavy atom. The van der Waals surface area contributed by atoms with Crippen LogP contribution in [-0.2, 0) is 0 Å². The summed E-state index contributed by atoms with van der Waals surface area (Å²) in [4.78, 5) is 17.3. The molecule has 0 aliphatic rings. The van der Waals surface area contributed by atoms with Gasteiger partial charge < -0.3 is 0 Å². The van der Waals surface area contributed by atoms with Crippen LogP contribution >= 0.6 is 23.1 Å². The number of carbonyl (C=O) groups excluding carboxylic acids is 1. The Hall–Kier alpha value is -3.80. The van der Waals surface area contributed by atoms with Crippen molar-refractivity contribution in [3.05, 3.63) is 114 Å². The van der Waals surface area contributed by atoms with E-state index in [0.29, 0.717) is 21.5 Å². The predicted molar refractivity (Wildman–Crippen MR) is 136 cm³/mol. The van der Waals surface area contributed by atoms with Gasteiger partial charge in [-0.1, -0.05) is 96.5 Å². The number of hydrogen-bond donors (Lipinski definition) is 1. The summed E-state index contributed by atoms with van der Waals surface area (Å²) >= 11 is 7.62. The lowest BCUT2D eigenvalue weighted by atomic mass is 9.99. The minimum atomic E-state index is -0.260. The van der Waals surface area contributed by atoms with Gasteiger partial charge in [0.25, 0.3) is 5.91 Å². The molecular formula is C27H18ClN3OS. The van der Waals surface area contributed by atoms with Crippen LogP contribution in [0.25, 0.3) is 33.6 Å². The molecular weight excluding hydrogens is 450 g/mol. The van der Waals surface area contributed by atoms with E-state index in [1.807, 2.05) is 60.7 Å². The first-order valence-corrected chi connectivity index (χ1v) is 11.5. The van der Waals surface area contributed by atoms with Crippen LogP contribution in [0, 0.1) is 0 Å². The molecule has 4 aromatic carbocycles. The van der Waals surface area contributed by atoms with E-state index >= 15 is 0 Å². The van der Waals surface area contributed by atoms with E-state index in [1.54, 1.807) is 18.2 Å². The molecule has 0 radical (unpaired) electrons. The normalized spacial score (nSPS) is 10.7. The van der Waals surface area contributed by atoms with Crippen LogP contribution in [-0.4, -0.2) is 15.3 Å². The molecule has 1 aromatic heterocycles. The van der Waals surface area contributed by atoms with Gasteiger partial charge in [0, 0.05) is 33.2 Å². The van der Waals surface area contributed by atoms with Gasteiger partial charge in [0.2, 0.25) is 5.13 Å². The molecule has 5 rings (SSSR count). The number of halogens is 1. The zero-order chi connectivity index (χ0) is 22.6. The van der Waals surface area contributed by atoms with Crippen molar-refractivity contribution < 1.29 is 4.79 Å². The highest BCUT2D eigenvalue weighted by Crippen LogP contribution is 2.31. The second-order valence-electron chi connectivity index (χ2n) is 7.38. The third kappa shape index (κ3) is 4.70. The van der Waals surface area contributed by atoms with Crippen LogP contribution < -0.4 is 5.32 Å². The largest absolute Gasteiger partial charge is 0.297 e. The van der Waals surface area contributed by atoms with Crippen LogP contribution in [0.1, 0.15) is 10.4 Å². The number of anilines is 1. The van der Waals surface area contributed by atoms with Gasteiger partial charge in [0.05, 0.1) is 0 Å². The van der Waals surface area contributed by atoms with Crippen molar-refractivity contribution in [3.8, 4) is 33.6 Å². The molecule has 0 unspecified atom stereocenters. The molecule has 0 bridgehead atoms. The molecule has 33 heavy (non-hydrogen) atoms. The van der Waals surface area contributed by atoms with Gasteiger partial charge in [-0.15, -0.1) is 0 Å². The molecule has 0 saturated carbocycles. The van der Waals surface area contributed by atoms with Crippen molar-refractivity contribution in [2.24, 2.45) is 0 Å². The summed E-state index contributed by atoms with van der Waals surface area (Å²) in [6.45, 7) is 0. The lowest BCUT2D eigenvalue weighted by molar-refractivity contribution is 0.102. The summed E-state index contributed by atoms with van der Waals surface area (Å²) in [6, 6.07) is 33.2. The maximum atomic E-state index is 12.9. The van der Waals surface area contributed by atoms with Crippen molar-refractivity contribution in [2.45, 2.75) is 0 Å². The van der Waals surface area contributed by atoms with Gasteiger partial charge >= 0.3 is 0 Å². The average Bonchev–Trinajstić information content (AvgIpc) is 3.34. The van der Waals surface area contributed by atoms with E-state index < -0.39 is 0 Å². The monoisotopic (exact) mass is 467 g/mol. The number of hydrogen-bond acceptors (Lipinski definition) is 4. The SMILES string of the molecule is O=C(Nc1nc(-c2ccccc2)ns1)c1ccc(Cl)c(-c2ccc(-c3ccccc3)cc2)c1. The van der Waals surface area contributed by atoms with Crippen molar-refractivity contribution in [1.82, 2.24) is 9.36 Å². The number of carbonyl (C=O) groups is 1. The van der Waals surface area contributed by atoms with E-state index in [0.717, 1.165) is 39.3 Å². The molecule has 6 heteroatoms. The predicted octanol–water partition coefficient (Wildman–Crippen LogP) is 7.44. The fourth-order valence-electron chi connectivity index (χ4n) is 3.51. The minimum Gasteiger partial charge on any atom is -0.297 e. The Kier molecular flexibility index (Phi) is 5.98. The quantitative estimate of drug-likeness (QED) is 0.292. The Labute approximate surface area is 200 Å². The van der Waals surface area contributed by atoms with Crippen molar-refractivity contribution in [3.63, 3.8) is 0 Å². The van der Waals surface area contributed by atoms with Gasteiger partial charge in [-0.2, -0.15) is 9.36 Å². The number of nitrogens with zero attached hydrogens (tertiary/aromatic N) is 2. The molecule has 160 valence electrons. The highest BCUT2D eigenvalue weighted by molar-refractivity contribution is 7.10. The number of aromatic nitrogens is 2. The molecule has 0 spiro atoms. The Balaban J connectivity index is 1.36. The number of rotatable bonds is 5. The summed E-state index contributed by atoms with van der Waals surface area (Å²) in [5.41, 5.74) is 5.41. The summed E-state index contributed by atoms with van der Waals surface area (Å²) in [7, 11) is 0. The summed E-state index contributed by atoms with van der Waals surface area (Å²) < 4.78 is 4.34. The summed E-state index contributed by atoms with van der Waals surface area (Å²) in [6.07, 6.45) is 0. The fraction of sp³-hybridized carbons (Fsp3) is 0. The van der Waals surface area contributed by atoms with Crippen molar-refractivity contribution in [1.29, 1.82) is 0 Å². The lowest BCUT2D eigenvalue weighted by Crippen LogP contribution is -2.11. The summed E-state index contributed by atoms with van der Waals surface area (Å²) in [5.74, 6) is 0.329. The zero-order valence-corrected chi connectivity index (χ0v) is 19.0. The molecule has 0 fully saturated rings. The highest BCUT2D eigenvalue weighted by Gasteiger charge is 2.14. The second kappa shape index (κ2) is 9.36. The number of amides is 1. The molecule has 0 aliphatic heterocycles. The molecule has 5 aromatic rings. The first-order chi connectivity index (χ1) is 16.2. The maximum Gasteiger partial charge on any atom is 0.257 e. The number of nitrogens with one attached hydrogen (secondary N) is 1. The van der Waals surface area contributed by atoms with Gasteiger partial charge in [0.15, 0.2) is 5.82 Å². The lowest BCUT2D eigenvalue weighted by Gasteiger charge is -2.09. The molecule has 4 nitrogen and oxygen atoms in total. The summed E-state index contributed by atoms with van der Waals surface area (Å²) in [5, 5.41) is 3.87. The van der Waals surface area contributed by atoms with Crippen molar-refractivity contribution >= 4 is 34.2 Å². The van der Waals surface area contributed by atoms with Gasteiger partial charge in [0.1, 0.15) is 0 Å². The number of benzene rings is 4. The maximum absolute atomic E-state index is 12.9. The molecule has 1 N–H and O–H groups in total. The van der Waals surface area contributed by atoms with Gasteiger partial charge in [-0.25, -0.2) is 0 Å². The van der Waals surface area contributed by atoms with E-state index in [1.165, 1.54) is 0 Å². The first kappa shape index (κ1) is 21.1. The van der Waals surface area contributed by atoms with E-state index in [-0.39, 0.29) is 5.91 Å². The van der Waals surface area contributed by atoms with Crippen LogP contribution in [0.4, 0.5) is 5.13 Å². The van der Waals surface area contributed by atoms with Crippen LogP contribution in [0.15, 0.2) is 103 Å². The molecule has 0 atom stereocenters. The van der Waals surface area contributed by atoms with Crippen LogP contribution in [0.5, 0.6) is 0 Å². The zero-order valence-electron chi connectivity index (χ0n) is 17.4. The first-order valence-electron chi connectivity index (χ1n) is 10.3. The van der Waals surface area contributed by atoms with Crippen molar-refractivity contribution in [2.75, 3.05) is 5.32 Å². The molecule has 0 aliphatic carbocycles. The third-order valence-electron chi connectivity index (χ3n) is 5.21. The van der Waals surface area contributed by atoms with Crippen LogP contribution in [0.2, 0.25) is 5.02 Å². The van der Waals surface area contributed by atoms with Gasteiger partial charge in [-0.3, -0.25) is 10.1 Å². The Morgan fingerprint density at radius 2 is 1.33 bits per heavy atom. The highest BCUT2D eigenvalue weighted by atomic mass is 35.5. The Bertz CT molecular complexity index is 1400. The minimum absolute atomic E-state index is 0.260. The molecule has 1 heterocycles. The van der Waals surface area contributed by atoms with Crippen LogP contribution in [0.3, 0.4) is 0 Å². The standard InChI is InChI=1S/C27H18ClN3OS/c28-24-16-15-22(26(32)30-27-29-25(31-33-27)21-9-5-2-6-10-21)17-23(24)20-13-11-19(12-14-20)18-7-3-1-4-8-18/h1-17H,(H,29,30,31,32). The fourth-order valence-corrected chi connectivity index (χ4v) is 4.32. The van der Waals surface area contributed by atoms with Gasteiger partial charge in [-0.05, 0) is 34.9 Å². The third-order valence-corrected chi connectivity index (χ3v) is 6.17. The Morgan fingerprint density at radius 3 is 2.03 bits per heavy atom. The van der Waals surface area contributed by atoms with E-state index in [4.69, 9.17) is 11.6 Å². The average molecular weight is 468 g/mol. The van der Waals surface area contributed by atoms with E-state index in [2.05, 4.69) is 38.9 Å². The smallest absolute Gasteiger partial charge is 0.257 e. The second-order valence-corrected chi connectivity index (χ2v) is 8.54. The molecule has 1 amide bonds. The topological polar surface area (TPSA) is 54.9 Å². The molecule has 0 saturated heterocycles. The van der Waals surface area contributed by atoms with E-state index in [9.17, 15) is 4.79 Å².